The van der Waals surface area contributed by atoms with Gasteiger partial charge in [-0.15, -0.1) is 0 Å². The molecule has 2 fully saturated rings. The lowest BCUT2D eigenvalue weighted by Crippen LogP contribution is -2.49. The Labute approximate surface area is 144 Å². The summed E-state index contributed by atoms with van der Waals surface area (Å²) in [5, 5.41) is 0. The van der Waals surface area contributed by atoms with E-state index in [0.29, 0.717) is 13.1 Å². The van der Waals surface area contributed by atoms with E-state index in [1.54, 1.807) is 4.90 Å². The Morgan fingerprint density at radius 2 is 1.48 bits per heavy atom. The average Bonchev–Trinajstić information content (AvgIpc) is 3.21. The minimum Gasteiger partial charge on any atom is -0.338 e. The monoisotopic (exact) mass is 354 g/mol. The van der Waals surface area contributed by atoms with Crippen molar-refractivity contribution in [1.29, 1.82) is 0 Å². The fraction of sp³-hybridized carbons (Fsp3) is 0.556. The van der Waals surface area contributed by atoms with Gasteiger partial charge >= 0.3 is 6.18 Å². The predicted molar refractivity (Wildman–Crippen MR) is 85.9 cm³/mol. The second kappa shape index (κ2) is 6.69. The molecule has 136 valence electrons. The molecule has 2 atom stereocenters. The van der Waals surface area contributed by atoms with Crippen molar-refractivity contribution >= 4 is 11.8 Å². The van der Waals surface area contributed by atoms with E-state index >= 15 is 0 Å². The lowest BCUT2D eigenvalue weighted by molar-refractivity contribution is -0.137. The molecule has 0 bridgehead atoms. The maximum Gasteiger partial charge on any atom is 0.416 e. The molecule has 0 spiro atoms. The van der Waals surface area contributed by atoms with Crippen LogP contribution in [-0.4, -0.2) is 46.8 Å². The van der Waals surface area contributed by atoms with Gasteiger partial charge in [0.2, 0.25) is 5.91 Å². The third-order valence-electron chi connectivity index (χ3n) is 5.17. The fourth-order valence-corrected chi connectivity index (χ4v) is 4.00. The van der Waals surface area contributed by atoms with E-state index < -0.39 is 11.7 Å². The average molecular weight is 354 g/mol. The summed E-state index contributed by atoms with van der Waals surface area (Å²) in [6.45, 7) is 2.82. The Balaban J connectivity index is 1.78. The van der Waals surface area contributed by atoms with E-state index in [4.69, 9.17) is 0 Å². The van der Waals surface area contributed by atoms with Gasteiger partial charge in [0.05, 0.1) is 17.6 Å². The summed E-state index contributed by atoms with van der Waals surface area (Å²) < 4.78 is 38.0. The largest absolute Gasteiger partial charge is 0.416 e. The van der Waals surface area contributed by atoms with Gasteiger partial charge in [-0.2, -0.15) is 13.2 Å². The van der Waals surface area contributed by atoms with Crippen molar-refractivity contribution in [1.82, 2.24) is 9.80 Å². The summed E-state index contributed by atoms with van der Waals surface area (Å²) in [6.07, 6.45) is -0.964. The van der Waals surface area contributed by atoms with Gasteiger partial charge < -0.3 is 9.80 Å². The number of likely N-dealkylation sites (tertiary alicyclic amines) is 2. The summed E-state index contributed by atoms with van der Waals surface area (Å²) in [7, 11) is 0. The molecule has 0 aliphatic carbocycles. The van der Waals surface area contributed by atoms with Gasteiger partial charge in [-0.05, 0) is 49.9 Å². The van der Waals surface area contributed by atoms with Crippen LogP contribution in [0.1, 0.15) is 48.5 Å². The first-order valence-corrected chi connectivity index (χ1v) is 8.54. The molecule has 0 saturated carbocycles. The first-order valence-electron chi connectivity index (χ1n) is 8.54. The van der Waals surface area contributed by atoms with Crippen LogP contribution < -0.4 is 0 Å². The molecular weight excluding hydrogens is 333 g/mol. The van der Waals surface area contributed by atoms with Gasteiger partial charge in [0.25, 0.3) is 5.91 Å². The lowest BCUT2D eigenvalue weighted by Gasteiger charge is -2.34. The third kappa shape index (κ3) is 3.50. The van der Waals surface area contributed by atoms with Crippen molar-refractivity contribution in [2.75, 3.05) is 13.1 Å². The predicted octanol–water partition coefficient (Wildman–Crippen LogP) is 3.32. The van der Waals surface area contributed by atoms with E-state index in [-0.39, 0.29) is 29.5 Å². The molecule has 2 amide bonds. The number of amides is 2. The van der Waals surface area contributed by atoms with Crippen molar-refractivity contribution in [3.63, 3.8) is 0 Å². The molecule has 1 aromatic carbocycles. The Kier molecular flexibility index (Phi) is 4.75. The molecule has 4 nitrogen and oxygen atoms in total. The van der Waals surface area contributed by atoms with Crippen molar-refractivity contribution < 1.29 is 22.8 Å². The van der Waals surface area contributed by atoms with Crippen LogP contribution in [0.2, 0.25) is 0 Å². The van der Waals surface area contributed by atoms with Gasteiger partial charge in [-0.3, -0.25) is 9.59 Å². The van der Waals surface area contributed by atoms with Crippen LogP contribution in [0.15, 0.2) is 24.3 Å². The third-order valence-corrected chi connectivity index (χ3v) is 5.17. The topological polar surface area (TPSA) is 40.6 Å². The molecule has 7 heteroatoms. The number of carbonyl (C=O) groups excluding carboxylic acids is 2. The van der Waals surface area contributed by atoms with Crippen molar-refractivity contribution in [2.45, 2.75) is 50.9 Å². The van der Waals surface area contributed by atoms with Crippen LogP contribution >= 0.6 is 0 Å². The Morgan fingerprint density at radius 1 is 0.960 bits per heavy atom. The van der Waals surface area contributed by atoms with Gasteiger partial charge in [-0.25, -0.2) is 0 Å². The van der Waals surface area contributed by atoms with E-state index in [2.05, 4.69) is 0 Å². The summed E-state index contributed by atoms with van der Waals surface area (Å²) in [6, 6.07) is 4.31. The van der Waals surface area contributed by atoms with Crippen LogP contribution in [-0.2, 0) is 11.0 Å². The van der Waals surface area contributed by atoms with Crippen LogP contribution in [0.5, 0.6) is 0 Å². The van der Waals surface area contributed by atoms with Crippen molar-refractivity contribution in [2.24, 2.45) is 0 Å². The number of alkyl halides is 3. The highest BCUT2D eigenvalue weighted by Crippen LogP contribution is 2.32. The molecule has 3 rings (SSSR count). The van der Waals surface area contributed by atoms with E-state index in [9.17, 15) is 22.8 Å². The molecule has 0 unspecified atom stereocenters. The van der Waals surface area contributed by atoms with Crippen LogP contribution in [0.25, 0.3) is 0 Å². The first kappa shape index (κ1) is 17.8. The van der Waals surface area contributed by atoms with E-state index in [0.717, 1.165) is 37.8 Å². The maximum atomic E-state index is 12.8. The number of halogens is 3. The molecule has 0 N–H and O–H groups in total. The number of benzene rings is 1. The van der Waals surface area contributed by atoms with Crippen LogP contribution in [0.3, 0.4) is 0 Å². The molecule has 0 radical (unpaired) electrons. The SMILES string of the molecule is CC(=O)N1CCC[C@@H]1[C@H]1CCCN1C(=O)c1ccc(C(F)(F)F)cc1. The van der Waals surface area contributed by atoms with Crippen molar-refractivity contribution in [3.05, 3.63) is 35.4 Å². The molecule has 2 aliphatic heterocycles. The molecule has 2 heterocycles. The number of hydrogen-bond donors (Lipinski definition) is 0. The molecule has 2 saturated heterocycles. The van der Waals surface area contributed by atoms with E-state index in [1.165, 1.54) is 19.1 Å². The van der Waals surface area contributed by atoms with Gasteiger partial charge in [0.1, 0.15) is 0 Å². The Morgan fingerprint density at radius 3 is 2.00 bits per heavy atom. The Bertz CT molecular complexity index is 657. The number of hydrogen-bond acceptors (Lipinski definition) is 2. The van der Waals surface area contributed by atoms with Gasteiger partial charge in [0.15, 0.2) is 0 Å². The summed E-state index contributed by atoms with van der Waals surface area (Å²) >= 11 is 0. The summed E-state index contributed by atoms with van der Waals surface area (Å²) in [5.41, 5.74) is -0.507. The van der Waals surface area contributed by atoms with Gasteiger partial charge in [0, 0.05) is 25.6 Å². The maximum absolute atomic E-state index is 12.8. The highest BCUT2D eigenvalue weighted by atomic mass is 19.4. The lowest BCUT2D eigenvalue weighted by atomic mass is 10.0. The molecule has 2 aliphatic rings. The molecule has 1 aromatic rings. The van der Waals surface area contributed by atoms with E-state index in [1.807, 2.05) is 4.90 Å². The smallest absolute Gasteiger partial charge is 0.338 e. The highest BCUT2D eigenvalue weighted by molar-refractivity contribution is 5.94. The summed E-state index contributed by atoms with van der Waals surface area (Å²) in [5.74, 6) is -0.247. The van der Waals surface area contributed by atoms with Crippen LogP contribution in [0.4, 0.5) is 13.2 Å². The standard InChI is InChI=1S/C18H21F3N2O2/c1-12(24)22-10-2-4-15(22)16-5-3-11-23(16)17(25)13-6-8-14(9-7-13)18(19,20)21/h6-9,15-16H,2-5,10-11H2,1H3/t15-,16-/m1/s1. The first-order chi connectivity index (χ1) is 11.8. The Hall–Kier alpha value is -2.05. The number of nitrogens with zero attached hydrogens (tertiary/aromatic N) is 2. The summed E-state index contributed by atoms with van der Waals surface area (Å²) in [4.78, 5) is 28.2. The zero-order valence-corrected chi connectivity index (χ0v) is 14.1. The fourth-order valence-electron chi connectivity index (χ4n) is 4.00. The second-order valence-corrected chi connectivity index (χ2v) is 6.71. The number of rotatable bonds is 2. The number of carbonyl (C=O) groups is 2. The minimum absolute atomic E-state index is 0.0105. The zero-order valence-electron chi connectivity index (χ0n) is 14.1. The second-order valence-electron chi connectivity index (χ2n) is 6.71. The minimum atomic E-state index is -4.41. The zero-order chi connectivity index (χ0) is 18.2. The van der Waals surface area contributed by atoms with Gasteiger partial charge in [-0.1, -0.05) is 0 Å². The van der Waals surface area contributed by atoms with Crippen molar-refractivity contribution in [3.8, 4) is 0 Å². The molecule has 25 heavy (non-hydrogen) atoms. The highest BCUT2D eigenvalue weighted by Gasteiger charge is 2.41. The molecular formula is C18H21F3N2O2. The van der Waals surface area contributed by atoms with Crippen LogP contribution in [0, 0.1) is 0 Å². The molecule has 0 aromatic heterocycles. The normalized spacial score (nSPS) is 24.0. The quantitative estimate of drug-likeness (QED) is 0.817.